The molecule has 0 amide bonds. The Bertz CT molecular complexity index is 6890. The van der Waals surface area contributed by atoms with Crippen LogP contribution in [0.5, 0.6) is 0 Å². The first kappa shape index (κ1) is 58.3. The number of anilines is 6. The van der Waals surface area contributed by atoms with Crippen molar-refractivity contribution in [2.45, 2.75) is 38.5 Å². The molecule has 0 spiro atoms. The fourth-order valence-corrected chi connectivity index (χ4v) is 17.9. The number of hydrogen-bond donors (Lipinski definition) is 0. The van der Waals surface area contributed by atoms with Gasteiger partial charge < -0.3 is 31.9 Å². The summed E-state index contributed by atoms with van der Waals surface area (Å²) in [6, 6.07) is 110. The van der Waals surface area contributed by atoms with Crippen molar-refractivity contribution in [2.75, 3.05) is 9.80 Å². The first-order valence-electron chi connectivity index (χ1n) is 36.1. The highest BCUT2D eigenvalue weighted by atomic mass is 16.4. The van der Waals surface area contributed by atoms with Crippen LogP contribution in [0.2, 0.25) is 0 Å². The molecule has 21 aromatic rings. The zero-order chi connectivity index (χ0) is 69.3. The van der Waals surface area contributed by atoms with Crippen LogP contribution in [0.15, 0.2) is 325 Å². The number of para-hydroxylation sites is 2. The molecule has 0 saturated carbocycles. The van der Waals surface area contributed by atoms with Gasteiger partial charge in [-0.15, -0.1) is 0 Å². The van der Waals surface area contributed by atoms with Crippen molar-refractivity contribution < 1.29 is 22.1 Å². The largest absolute Gasteiger partial charge is 0.456 e. The first-order valence-corrected chi connectivity index (χ1v) is 36.1. The number of benzene rings is 16. The van der Waals surface area contributed by atoms with Gasteiger partial charge in [-0.05, 0) is 245 Å². The van der Waals surface area contributed by atoms with Crippen molar-refractivity contribution in [2.24, 2.45) is 0 Å². The highest BCUT2D eigenvalue weighted by Gasteiger charge is 2.38. The summed E-state index contributed by atoms with van der Waals surface area (Å²) in [4.78, 5) is 4.76. The predicted octanol–water partition coefficient (Wildman–Crippen LogP) is 28.4. The molecule has 2 aliphatic carbocycles. The van der Waals surface area contributed by atoms with Gasteiger partial charge in [-0.25, -0.2) is 0 Å². The summed E-state index contributed by atoms with van der Waals surface area (Å²) in [6.45, 7) is 9.46. The Hall–Kier alpha value is -13.4. The molecule has 2 aliphatic rings. The average Bonchev–Trinajstić information content (AvgIpc) is 1.57. The summed E-state index contributed by atoms with van der Waals surface area (Å²) < 4.78 is 33.7. The molecular weight excluding hydrogens is 1290 g/mol. The Morgan fingerprint density at radius 1 is 0.200 bits per heavy atom. The van der Waals surface area contributed by atoms with Gasteiger partial charge in [0.05, 0.1) is 0 Å². The highest BCUT2D eigenvalue weighted by molar-refractivity contribution is 6.19. The molecule has 105 heavy (non-hydrogen) atoms. The maximum Gasteiger partial charge on any atom is 0.137 e. The summed E-state index contributed by atoms with van der Waals surface area (Å²) in [5.74, 6) is 1.71. The smallest absolute Gasteiger partial charge is 0.137 e. The van der Waals surface area contributed by atoms with Crippen molar-refractivity contribution in [3.05, 3.63) is 326 Å². The van der Waals surface area contributed by atoms with E-state index in [-0.39, 0.29) is 10.8 Å². The van der Waals surface area contributed by atoms with E-state index in [1.54, 1.807) is 0 Å². The fourth-order valence-electron chi connectivity index (χ4n) is 17.9. The lowest BCUT2D eigenvalue weighted by Crippen LogP contribution is -2.16. The van der Waals surface area contributed by atoms with Crippen LogP contribution in [0.4, 0.5) is 34.1 Å². The Morgan fingerprint density at radius 2 is 0.505 bits per heavy atom. The fraction of sp³-hybridized carbons (Fsp3) is 0.0612. The third-order valence-corrected chi connectivity index (χ3v) is 23.3. The minimum atomic E-state index is -0.240. The molecule has 0 aliphatic heterocycles. The van der Waals surface area contributed by atoms with E-state index in [0.717, 1.165) is 166 Å². The minimum Gasteiger partial charge on any atom is -0.456 e. The number of rotatable bonds is 8. The van der Waals surface area contributed by atoms with E-state index in [4.69, 9.17) is 22.1 Å². The molecule has 7 heteroatoms. The highest BCUT2D eigenvalue weighted by Crippen LogP contribution is 2.55. The molecule has 494 valence electrons. The van der Waals surface area contributed by atoms with Crippen molar-refractivity contribution in [1.82, 2.24) is 0 Å². The van der Waals surface area contributed by atoms with E-state index in [1.165, 1.54) is 66.1 Å². The molecule has 0 N–H and O–H groups in total. The summed E-state index contributed by atoms with van der Waals surface area (Å²) in [7, 11) is 0. The van der Waals surface area contributed by atoms with Gasteiger partial charge in [-0.2, -0.15) is 0 Å². The average molecular weight is 1350 g/mol. The molecule has 0 atom stereocenters. The number of furan rings is 5. The first-order chi connectivity index (χ1) is 51.4. The summed E-state index contributed by atoms with van der Waals surface area (Å²) in [6.07, 6.45) is 0. The van der Waals surface area contributed by atoms with E-state index in [1.807, 2.05) is 36.4 Å². The summed E-state index contributed by atoms with van der Waals surface area (Å²) >= 11 is 0. The Labute approximate surface area is 602 Å². The van der Waals surface area contributed by atoms with Crippen LogP contribution in [0.1, 0.15) is 49.9 Å². The lowest BCUT2D eigenvalue weighted by atomic mass is 9.81. The van der Waals surface area contributed by atoms with Gasteiger partial charge in [0.1, 0.15) is 56.2 Å². The Morgan fingerprint density at radius 3 is 0.924 bits per heavy atom. The van der Waals surface area contributed by atoms with Crippen molar-refractivity contribution >= 4 is 165 Å². The lowest BCUT2D eigenvalue weighted by molar-refractivity contribution is 0.631. The number of fused-ring (bicyclic) bond motifs is 21. The van der Waals surface area contributed by atoms with Gasteiger partial charge in [0.2, 0.25) is 0 Å². The molecular formula is C98H62N2O5. The normalized spacial score (nSPS) is 13.7. The van der Waals surface area contributed by atoms with Crippen LogP contribution in [-0.2, 0) is 10.8 Å². The van der Waals surface area contributed by atoms with E-state index in [9.17, 15) is 0 Å². The molecule has 16 aromatic carbocycles. The molecule has 5 aromatic heterocycles. The van der Waals surface area contributed by atoms with Gasteiger partial charge in [-0.1, -0.05) is 161 Å². The maximum atomic E-state index is 7.04. The van der Waals surface area contributed by atoms with Gasteiger partial charge in [0.25, 0.3) is 0 Å². The number of hydrogen-bond acceptors (Lipinski definition) is 7. The van der Waals surface area contributed by atoms with Crippen LogP contribution in [0.3, 0.4) is 0 Å². The van der Waals surface area contributed by atoms with E-state index in [0.29, 0.717) is 0 Å². The monoisotopic (exact) mass is 1350 g/mol. The van der Waals surface area contributed by atoms with Crippen molar-refractivity contribution in [3.8, 4) is 44.9 Å². The van der Waals surface area contributed by atoms with Crippen LogP contribution in [-0.4, -0.2) is 0 Å². The van der Waals surface area contributed by atoms with Crippen molar-refractivity contribution in [1.29, 1.82) is 0 Å². The quantitative estimate of drug-likeness (QED) is 0.150. The third-order valence-electron chi connectivity index (χ3n) is 23.3. The number of nitrogens with zero attached hydrogens (tertiary/aromatic N) is 2. The second-order valence-electron chi connectivity index (χ2n) is 30.0. The zero-order valence-electron chi connectivity index (χ0n) is 57.8. The van der Waals surface area contributed by atoms with E-state index < -0.39 is 0 Å². The SMILES string of the molecule is CC1(C)c2cc(N(c3ccc4cc(-c5cc6ccccc6o5)ccc4c3)c3ccc4c(c3)oc3cc5c(cc34)oc3cc4c(cc35)oc3cc(N(c5ccc6c(c5)C(C)(C)c5cc7ccccc7cc5-6)c5ccc6cc(-c7cc8ccccc8o7)ccc6c5)ccc34)ccc2-c2cc3ccccc3cc21. The zero-order valence-corrected chi connectivity index (χ0v) is 57.8. The summed E-state index contributed by atoms with van der Waals surface area (Å²) in [5.41, 5.74) is 24.6. The maximum absolute atomic E-state index is 7.04. The van der Waals surface area contributed by atoms with Crippen LogP contribution >= 0.6 is 0 Å². The van der Waals surface area contributed by atoms with Gasteiger partial charge >= 0.3 is 0 Å². The Kier molecular flexibility index (Phi) is 11.7. The standard InChI is InChI=1S/C98H62N2O5/c1-97(2)83-43-57-15-7-5-13-55(57)41-77(83)73-33-29-69(47-85(73)97)99(67-27-25-59-37-65(23-21-61(59)39-67)89-45-63-17-9-11-19-87(63)101-89)71-31-35-75-79-51-95-81(53-93(79)103-91(75)49-71)82-54-94-80(52-96(82)105-95)76-36-32-72(50-92(76)104-94)100(68-28-26-60-38-66(24-22-62(60)40-68)90-46-64-18-10-12-20-88(64)102-90)70-30-34-74-78-42-56-14-6-8-16-58(56)44-84(78)98(3,4)86(74)48-70/h5-54H,1-4H3. The van der Waals surface area contributed by atoms with E-state index >= 15 is 0 Å². The van der Waals surface area contributed by atoms with Gasteiger partial charge in [0.15, 0.2) is 0 Å². The second-order valence-corrected chi connectivity index (χ2v) is 30.0. The van der Waals surface area contributed by atoms with Crippen LogP contribution < -0.4 is 9.80 Å². The molecule has 0 bridgehead atoms. The minimum absolute atomic E-state index is 0.240. The van der Waals surface area contributed by atoms with E-state index in [2.05, 4.69) is 304 Å². The molecule has 23 rings (SSSR count). The van der Waals surface area contributed by atoms with Crippen LogP contribution in [0, 0.1) is 0 Å². The summed E-state index contributed by atoms with van der Waals surface area (Å²) in [5, 5.41) is 17.6. The topological polar surface area (TPSA) is 72.2 Å². The van der Waals surface area contributed by atoms with Crippen molar-refractivity contribution in [3.63, 3.8) is 0 Å². The molecule has 5 heterocycles. The molecule has 0 unspecified atom stereocenters. The predicted molar refractivity (Wildman–Crippen MR) is 433 cm³/mol. The van der Waals surface area contributed by atoms with Gasteiger partial charge in [-0.3, -0.25) is 0 Å². The second kappa shape index (κ2) is 21.1. The lowest BCUT2D eigenvalue weighted by Gasteiger charge is -2.28. The molecule has 7 nitrogen and oxygen atoms in total. The molecule has 0 radical (unpaired) electrons. The molecule has 0 fully saturated rings. The molecule has 0 saturated heterocycles. The van der Waals surface area contributed by atoms with Gasteiger partial charge in [0, 0.05) is 111 Å². The third kappa shape index (κ3) is 8.67. The van der Waals surface area contributed by atoms with Crippen LogP contribution in [0.25, 0.3) is 176 Å². The Balaban J connectivity index is 0.623.